The third kappa shape index (κ3) is 5.53. The summed E-state index contributed by atoms with van der Waals surface area (Å²) in [6, 6.07) is 3.76. The first-order valence-electron chi connectivity index (χ1n) is 11.4. The van der Waals surface area contributed by atoms with E-state index in [0.29, 0.717) is 28.6 Å². The van der Waals surface area contributed by atoms with Crippen LogP contribution in [0.1, 0.15) is 38.8 Å². The molecule has 3 rings (SSSR count). The van der Waals surface area contributed by atoms with E-state index in [0.717, 1.165) is 4.90 Å². The van der Waals surface area contributed by atoms with E-state index in [1.54, 1.807) is 26.0 Å². The molecule has 1 atom stereocenters. The van der Waals surface area contributed by atoms with Crippen LogP contribution in [0.4, 0.5) is 16.3 Å². The van der Waals surface area contributed by atoms with E-state index in [1.807, 2.05) is 0 Å². The Balaban J connectivity index is 2.11. The van der Waals surface area contributed by atoms with Crippen molar-refractivity contribution in [3.05, 3.63) is 53.0 Å². The van der Waals surface area contributed by atoms with Crippen molar-refractivity contribution in [1.82, 2.24) is 30.5 Å². The Bertz CT molecular complexity index is 1400. The van der Waals surface area contributed by atoms with Gasteiger partial charge in [-0.2, -0.15) is 5.10 Å². The zero-order valence-electron chi connectivity index (χ0n) is 21.4. The van der Waals surface area contributed by atoms with Crippen LogP contribution in [-0.4, -0.2) is 71.8 Å². The predicted molar refractivity (Wildman–Crippen MR) is 134 cm³/mol. The van der Waals surface area contributed by atoms with Crippen LogP contribution in [0.3, 0.4) is 0 Å². The van der Waals surface area contributed by atoms with Gasteiger partial charge in [0.25, 0.3) is 11.8 Å². The van der Waals surface area contributed by atoms with Gasteiger partial charge in [-0.1, -0.05) is 6.07 Å². The molecule has 0 unspecified atom stereocenters. The third-order valence-electron chi connectivity index (χ3n) is 5.67. The molecule has 0 bridgehead atoms. The van der Waals surface area contributed by atoms with E-state index in [2.05, 4.69) is 26.0 Å². The van der Waals surface area contributed by atoms with Crippen LogP contribution >= 0.6 is 0 Å². The maximum atomic E-state index is 13.5. The van der Waals surface area contributed by atoms with Gasteiger partial charge in [-0.05, 0) is 44.0 Å². The Morgan fingerprint density at radius 2 is 1.82 bits per heavy atom. The summed E-state index contributed by atoms with van der Waals surface area (Å²) in [5.74, 6) is -1.52. The molecule has 0 saturated carbocycles. The number of fused-ring (bicyclic) bond motifs is 1. The Morgan fingerprint density at radius 3 is 2.47 bits per heavy atom. The number of carbonyl (C=O) groups excluding carboxylic acids is 5. The van der Waals surface area contributed by atoms with Crippen molar-refractivity contribution in [2.45, 2.75) is 26.8 Å². The first kappa shape index (κ1) is 27.6. The average molecular weight is 526 g/mol. The average Bonchev–Trinajstić information content (AvgIpc) is 3.26. The fraction of sp³-hybridized carbons (Fsp3) is 0.292. The molecule has 0 aliphatic heterocycles. The summed E-state index contributed by atoms with van der Waals surface area (Å²) in [6.07, 6.45) is 2.04. The molecular formula is C24H27N7O7. The van der Waals surface area contributed by atoms with Gasteiger partial charge in [-0.15, -0.1) is 0 Å². The minimum Gasteiger partial charge on any atom is -0.426 e. The van der Waals surface area contributed by atoms with Crippen molar-refractivity contribution >= 4 is 47.3 Å². The second-order valence-corrected chi connectivity index (χ2v) is 8.04. The number of esters is 1. The van der Waals surface area contributed by atoms with E-state index >= 15 is 0 Å². The Labute approximate surface area is 217 Å². The number of hydrogen-bond acceptors (Lipinski definition) is 9. The quantitative estimate of drug-likeness (QED) is 0.209. The number of hydrogen-bond donors (Lipinski definition) is 3. The van der Waals surface area contributed by atoms with E-state index in [-0.39, 0.29) is 23.0 Å². The van der Waals surface area contributed by atoms with E-state index < -0.39 is 30.8 Å². The molecular weight excluding hydrogens is 498 g/mol. The molecule has 14 heteroatoms. The number of nitrogens with zero attached hydrogens (tertiary/aromatic N) is 4. The van der Waals surface area contributed by atoms with Crippen molar-refractivity contribution in [3.63, 3.8) is 0 Å². The number of carbonyl (C=O) groups is 5. The number of rotatable bonds is 9. The number of nitrogens with one attached hydrogen (secondary N) is 3. The fourth-order valence-electron chi connectivity index (χ4n) is 3.60. The van der Waals surface area contributed by atoms with Crippen molar-refractivity contribution in [2.75, 3.05) is 25.8 Å². The summed E-state index contributed by atoms with van der Waals surface area (Å²) in [5.41, 5.74) is 2.22. The van der Waals surface area contributed by atoms with Crippen LogP contribution < -0.4 is 20.9 Å². The second kappa shape index (κ2) is 11.8. The summed E-state index contributed by atoms with van der Waals surface area (Å²) < 4.78 is 11.6. The summed E-state index contributed by atoms with van der Waals surface area (Å²) in [7, 11) is 2.96. The van der Waals surface area contributed by atoms with Crippen molar-refractivity contribution in [2.24, 2.45) is 0 Å². The molecule has 3 N–H and O–H groups in total. The van der Waals surface area contributed by atoms with Gasteiger partial charge in [0, 0.05) is 25.9 Å². The van der Waals surface area contributed by atoms with Gasteiger partial charge >= 0.3 is 12.1 Å². The molecule has 200 valence electrons. The third-order valence-corrected chi connectivity index (χ3v) is 5.67. The Morgan fingerprint density at radius 1 is 1.11 bits per heavy atom. The van der Waals surface area contributed by atoms with E-state index in [1.165, 1.54) is 44.1 Å². The highest BCUT2D eigenvalue weighted by atomic mass is 16.7. The van der Waals surface area contributed by atoms with Gasteiger partial charge in [0.1, 0.15) is 17.9 Å². The van der Waals surface area contributed by atoms with Gasteiger partial charge in [0.2, 0.25) is 13.2 Å². The number of ether oxygens (including phenoxy) is 2. The molecule has 38 heavy (non-hydrogen) atoms. The van der Waals surface area contributed by atoms with Gasteiger partial charge < -0.3 is 25.4 Å². The van der Waals surface area contributed by atoms with E-state index in [9.17, 15) is 24.0 Å². The highest BCUT2D eigenvalue weighted by molar-refractivity contribution is 6.04. The summed E-state index contributed by atoms with van der Waals surface area (Å²) in [4.78, 5) is 66.2. The zero-order chi connectivity index (χ0) is 28.0. The fourth-order valence-corrected chi connectivity index (χ4v) is 3.60. The number of benzene rings is 1. The Hall–Kier alpha value is -5.01. The van der Waals surface area contributed by atoms with Crippen LogP contribution in [0.15, 0.2) is 30.7 Å². The summed E-state index contributed by atoms with van der Waals surface area (Å²) >= 11 is 0. The van der Waals surface area contributed by atoms with Gasteiger partial charge in [-0.3, -0.25) is 14.4 Å². The Kier molecular flexibility index (Phi) is 8.57. The number of anilines is 2. The molecule has 14 nitrogen and oxygen atoms in total. The number of amides is 4. The molecule has 4 amide bonds. The monoisotopic (exact) mass is 525 g/mol. The highest BCUT2D eigenvalue weighted by Gasteiger charge is 2.29. The SMILES string of the molecule is CNC(=O)c1ccc(C)c(N(C(=O)OCOC(=O)[C@H](C)NC=O)c2ncnn3cc(C(=O)NC)c(C)c23)c1. The normalized spacial score (nSPS) is 11.3. The van der Waals surface area contributed by atoms with Crippen LogP contribution in [0.5, 0.6) is 0 Å². The van der Waals surface area contributed by atoms with Crippen molar-refractivity contribution in [1.29, 1.82) is 0 Å². The lowest BCUT2D eigenvalue weighted by molar-refractivity contribution is -0.154. The lowest BCUT2D eigenvalue weighted by Crippen LogP contribution is -2.36. The number of aryl methyl sites for hydroxylation is 2. The minimum atomic E-state index is -0.992. The van der Waals surface area contributed by atoms with Crippen LogP contribution in [-0.2, 0) is 19.1 Å². The van der Waals surface area contributed by atoms with Crippen molar-refractivity contribution in [3.8, 4) is 0 Å². The summed E-state index contributed by atoms with van der Waals surface area (Å²) in [5, 5.41) is 11.5. The molecule has 0 spiro atoms. The first-order valence-corrected chi connectivity index (χ1v) is 11.4. The van der Waals surface area contributed by atoms with Crippen LogP contribution in [0, 0.1) is 13.8 Å². The maximum absolute atomic E-state index is 13.5. The van der Waals surface area contributed by atoms with Crippen LogP contribution in [0.2, 0.25) is 0 Å². The largest absolute Gasteiger partial charge is 0.426 e. The number of aromatic nitrogens is 3. The lowest BCUT2D eigenvalue weighted by Gasteiger charge is -2.24. The molecule has 0 saturated heterocycles. The zero-order valence-corrected chi connectivity index (χ0v) is 21.4. The first-order chi connectivity index (χ1) is 18.1. The standard InChI is InChI=1S/C24H27N7O7/c1-13-6-7-16(21(33)25-4)8-18(13)31(24(36)38-12-37-23(35)15(3)28-11-32)20-19-14(2)17(22(34)26-5)9-30(19)29-10-27-20/h6-11,15H,12H2,1-5H3,(H,25,33)(H,26,34)(H,28,32)/t15-/m0/s1. The summed E-state index contributed by atoms with van der Waals surface area (Å²) in [6.45, 7) is 4.02. The van der Waals surface area contributed by atoms with Gasteiger partial charge in [-0.25, -0.2) is 24.0 Å². The maximum Gasteiger partial charge on any atom is 0.423 e. The van der Waals surface area contributed by atoms with Crippen LogP contribution in [0.25, 0.3) is 5.52 Å². The molecule has 0 aliphatic carbocycles. The lowest BCUT2D eigenvalue weighted by atomic mass is 10.1. The van der Waals surface area contributed by atoms with E-state index in [4.69, 9.17) is 9.47 Å². The smallest absolute Gasteiger partial charge is 0.423 e. The topological polar surface area (TPSA) is 173 Å². The molecule has 2 heterocycles. The molecule has 0 fully saturated rings. The minimum absolute atomic E-state index is 0.0529. The highest BCUT2D eigenvalue weighted by Crippen LogP contribution is 2.34. The van der Waals surface area contributed by atoms with Gasteiger partial charge in [0.15, 0.2) is 5.82 Å². The molecule has 0 radical (unpaired) electrons. The molecule has 0 aliphatic rings. The molecule has 2 aromatic heterocycles. The second-order valence-electron chi connectivity index (χ2n) is 8.04. The molecule has 1 aromatic carbocycles. The van der Waals surface area contributed by atoms with Gasteiger partial charge in [0.05, 0.1) is 11.3 Å². The van der Waals surface area contributed by atoms with Crippen molar-refractivity contribution < 1.29 is 33.4 Å². The molecule has 3 aromatic rings. The predicted octanol–water partition coefficient (Wildman–Crippen LogP) is 0.975.